The van der Waals surface area contributed by atoms with Gasteiger partial charge in [0.2, 0.25) is 5.95 Å². The van der Waals surface area contributed by atoms with Gasteiger partial charge in [-0.1, -0.05) is 12.1 Å². The van der Waals surface area contributed by atoms with Crippen molar-refractivity contribution in [3.63, 3.8) is 0 Å². The number of alkyl halides is 3. The largest absolute Gasteiger partial charge is 0.522 e. The first-order valence-corrected chi connectivity index (χ1v) is 11.4. The Balaban J connectivity index is 1.68. The van der Waals surface area contributed by atoms with Gasteiger partial charge in [-0.15, -0.1) is 24.5 Å². The fourth-order valence-electron chi connectivity index (χ4n) is 3.94. The molecule has 2 aromatic heterocycles. The summed E-state index contributed by atoms with van der Waals surface area (Å²) in [6.45, 7) is 0.551. The predicted molar refractivity (Wildman–Crippen MR) is 120 cm³/mol. The quantitative estimate of drug-likeness (QED) is 0.234. The number of aliphatic hydroxyl groups is 3. The molecule has 1 aliphatic carbocycles. The van der Waals surface area contributed by atoms with E-state index in [2.05, 4.69) is 30.3 Å². The van der Waals surface area contributed by atoms with Gasteiger partial charge in [0, 0.05) is 19.1 Å². The maximum absolute atomic E-state index is 12.2. The molecule has 0 bridgehead atoms. The van der Waals surface area contributed by atoms with E-state index in [9.17, 15) is 28.5 Å². The highest BCUT2D eigenvalue weighted by atomic mass is 32.1. The van der Waals surface area contributed by atoms with Gasteiger partial charge in [-0.25, -0.2) is 9.97 Å². The molecule has 0 spiro atoms. The van der Waals surface area contributed by atoms with E-state index in [1.807, 2.05) is 24.3 Å². The molecular weight excluding hydrogens is 475 g/mol. The maximum atomic E-state index is 12.2. The number of fused-ring (bicyclic) bond motifs is 1. The van der Waals surface area contributed by atoms with Gasteiger partial charge in [-0.3, -0.25) is 4.74 Å². The van der Waals surface area contributed by atoms with Crippen molar-refractivity contribution in [2.45, 2.75) is 38.0 Å². The lowest BCUT2D eigenvalue weighted by Crippen LogP contribution is -2.48. The van der Waals surface area contributed by atoms with Crippen LogP contribution in [-0.4, -0.2) is 68.2 Å². The van der Waals surface area contributed by atoms with Crippen molar-refractivity contribution in [2.75, 3.05) is 30.4 Å². The zero-order chi connectivity index (χ0) is 24.5. The minimum atomic E-state index is -4.74. The average Bonchev–Trinajstić information content (AvgIpc) is 3.31. The molecule has 34 heavy (non-hydrogen) atoms. The molecule has 1 fully saturated rings. The summed E-state index contributed by atoms with van der Waals surface area (Å²) in [5.74, 6) is -0.334. The number of aryl methyl sites for hydroxylation is 1. The number of aromatic nitrogens is 3. The highest BCUT2D eigenvalue weighted by molar-refractivity contribution is 7.21. The van der Waals surface area contributed by atoms with E-state index in [0.29, 0.717) is 22.7 Å². The van der Waals surface area contributed by atoms with Gasteiger partial charge in [-0.2, -0.15) is 4.98 Å². The van der Waals surface area contributed by atoms with E-state index in [0.717, 1.165) is 10.2 Å². The molecule has 4 rings (SSSR count). The normalized spacial score (nSPS) is 22.9. The van der Waals surface area contributed by atoms with Crippen molar-refractivity contribution in [3.05, 3.63) is 30.0 Å². The van der Waals surface area contributed by atoms with Crippen molar-refractivity contribution in [2.24, 2.45) is 5.92 Å². The Kier molecular flexibility index (Phi) is 6.92. The molecule has 0 amide bonds. The molecule has 0 saturated heterocycles. The molecule has 0 aliphatic heterocycles. The van der Waals surface area contributed by atoms with Gasteiger partial charge < -0.3 is 26.0 Å². The summed E-state index contributed by atoms with van der Waals surface area (Å²) < 4.78 is 41.4. The number of benzene rings is 1. The number of halogens is 3. The summed E-state index contributed by atoms with van der Waals surface area (Å²) in [5, 5.41) is 37.3. The van der Waals surface area contributed by atoms with E-state index in [1.165, 1.54) is 11.3 Å². The van der Waals surface area contributed by atoms with Crippen molar-refractivity contribution in [1.82, 2.24) is 15.0 Å². The van der Waals surface area contributed by atoms with Gasteiger partial charge in [-0.05, 0) is 31.9 Å². The van der Waals surface area contributed by atoms with E-state index in [-0.39, 0.29) is 31.3 Å². The Hall–Kier alpha value is -2.58. The minimum Gasteiger partial charge on any atom is -0.396 e. The van der Waals surface area contributed by atoms with Crippen LogP contribution in [0.25, 0.3) is 20.8 Å². The standard InChI is InChI=1S/C21H24F3N5O4S/c1-11-15(18-27-13-4-2-3-5-14(13)34-18)17(29-20(32)7-6-12(10-30)16(20)31)28-19(26-11)25-8-9-33-21(22,23)24/h2-5,12,16,30-32H,6-10H2,1H3,(H2,25,26,28,29). The van der Waals surface area contributed by atoms with Crippen LogP contribution < -0.4 is 10.6 Å². The van der Waals surface area contributed by atoms with Crippen LogP contribution in [0.4, 0.5) is 24.9 Å². The minimum absolute atomic E-state index is 0.0189. The Labute approximate surface area is 196 Å². The van der Waals surface area contributed by atoms with Gasteiger partial charge in [0.1, 0.15) is 16.9 Å². The zero-order valence-electron chi connectivity index (χ0n) is 18.1. The third-order valence-electron chi connectivity index (χ3n) is 5.65. The Morgan fingerprint density at radius 3 is 2.68 bits per heavy atom. The van der Waals surface area contributed by atoms with Crippen LogP contribution in [0.3, 0.4) is 0 Å². The molecule has 3 aromatic rings. The maximum Gasteiger partial charge on any atom is 0.522 e. The molecule has 3 unspecified atom stereocenters. The molecule has 5 N–H and O–H groups in total. The van der Waals surface area contributed by atoms with Crippen molar-refractivity contribution < 1.29 is 33.2 Å². The van der Waals surface area contributed by atoms with Gasteiger partial charge >= 0.3 is 6.36 Å². The summed E-state index contributed by atoms with van der Waals surface area (Å²) in [6.07, 6.45) is -5.45. The van der Waals surface area contributed by atoms with Gasteiger partial charge in [0.25, 0.3) is 0 Å². The van der Waals surface area contributed by atoms with Crippen LogP contribution in [0.1, 0.15) is 18.5 Å². The monoisotopic (exact) mass is 499 g/mol. The highest BCUT2D eigenvalue weighted by Crippen LogP contribution is 2.40. The Morgan fingerprint density at radius 1 is 1.24 bits per heavy atom. The summed E-state index contributed by atoms with van der Waals surface area (Å²) in [4.78, 5) is 13.3. The Morgan fingerprint density at radius 2 is 2.00 bits per heavy atom. The summed E-state index contributed by atoms with van der Waals surface area (Å²) in [7, 11) is 0. The third-order valence-corrected chi connectivity index (χ3v) is 6.70. The van der Waals surface area contributed by atoms with Gasteiger partial charge in [0.05, 0.1) is 28.1 Å². The second kappa shape index (κ2) is 9.58. The lowest BCUT2D eigenvalue weighted by molar-refractivity contribution is -0.322. The first-order chi connectivity index (χ1) is 16.1. The molecule has 2 heterocycles. The number of nitrogens with one attached hydrogen (secondary N) is 2. The number of hydrogen-bond acceptors (Lipinski definition) is 10. The molecule has 1 saturated carbocycles. The zero-order valence-corrected chi connectivity index (χ0v) is 18.9. The first kappa shape index (κ1) is 24.5. The molecule has 1 aromatic carbocycles. The van der Waals surface area contributed by atoms with Crippen LogP contribution in [-0.2, 0) is 4.74 Å². The highest BCUT2D eigenvalue weighted by Gasteiger charge is 2.47. The second-order valence-corrected chi connectivity index (χ2v) is 9.07. The summed E-state index contributed by atoms with van der Waals surface area (Å²) in [6, 6.07) is 7.51. The number of thiazole rings is 1. The van der Waals surface area contributed by atoms with Crippen LogP contribution in [0.15, 0.2) is 24.3 Å². The Bertz CT molecular complexity index is 1130. The van der Waals surface area contributed by atoms with Crippen molar-refractivity contribution >= 4 is 33.3 Å². The topological polar surface area (TPSA) is 133 Å². The molecule has 184 valence electrons. The van der Waals surface area contributed by atoms with Crippen LogP contribution in [0.2, 0.25) is 0 Å². The molecule has 9 nitrogen and oxygen atoms in total. The molecule has 13 heteroatoms. The molecule has 0 radical (unpaired) electrons. The van der Waals surface area contributed by atoms with E-state index in [1.54, 1.807) is 6.92 Å². The second-order valence-electron chi connectivity index (χ2n) is 8.04. The average molecular weight is 500 g/mol. The summed E-state index contributed by atoms with van der Waals surface area (Å²) in [5.41, 5.74) is -0.0488. The fourth-order valence-corrected chi connectivity index (χ4v) is 5.00. The number of anilines is 2. The predicted octanol–water partition coefficient (Wildman–Crippen LogP) is 2.87. The number of nitrogens with zero attached hydrogens (tertiary/aromatic N) is 3. The number of ether oxygens (including phenoxy) is 1. The fraction of sp³-hybridized carbons (Fsp3) is 0.476. The summed E-state index contributed by atoms with van der Waals surface area (Å²) >= 11 is 1.39. The van der Waals surface area contributed by atoms with Crippen LogP contribution >= 0.6 is 11.3 Å². The number of aliphatic hydroxyl groups excluding tert-OH is 2. The smallest absolute Gasteiger partial charge is 0.396 e. The van der Waals surface area contributed by atoms with Crippen LogP contribution in [0, 0.1) is 12.8 Å². The van der Waals surface area contributed by atoms with E-state index < -0.39 is 30.7 Å². The van der Waals surface area contributed by atoms with E-state index >= 15 is 0 Å². The first-order valence-electron chi connectivity index (χ1n) is 10.6. The SMILES string of the molecule is Cc1nc(NCCOC(F)(F)F)nc(NC2(O)CCC(CO)C2O)c1-c1nc2ccccc2s1. The molecule has 3 atom stereocenters. The molecular formula is C21H24F3N5O4S. The van der Waals surface area contributed by atoms with Crippen molar-refractivity contribution in [1.29, 1.82) is 0 Å². The lowest BCUT2D eigenvalue weighted by atomic mass is 10.0. The third kappa shape index (κ3) is 5.23. The lowest BCUT2D eigenvalue weighted by Gasteiger charge is -2.31. The number of rotatable bonds is 8. The van der Waals surface area contributed by atoms with Gasteiger partial charge in [0.15, 0.2) is 5.72 Å². The molecule has 1 aliphatic rings. The van der Waals surface area contributed by atoms with E-state index in [4.69, 9.17) is 0 Å². The number of hydrogen-bond donors (Lipinski definition) is 5. The van der Waals surface area contributed by atoms with Crippen LogP contribution in [0.5, 0.6) is 0 Å². The van der Waals surface area contributed by atoms with Crippen molar-refractivity contribution in [3.8, 4) is 10.6 Å². The number of para-hydroxylation sites is 1.